The molecule has 0 atom stereocenters. The first-order chi connectivity index (χ1) is 4.64. The summed E-state index contributed by atoms with van der Waals surface area (Å²) in [6.45, 7) is 7.13. The first-order valence-corrected chi connectivity index (χ1v) is 4.64. The van der Waals surface area contributed by atoms with E-state index in [4.69, 9.17) is 0 Å². The van der Waals surface area contributed by atoms with Crippen molar-refractivity contribution in [3.63, 3.8) is 0 Å². The average Bonchev–Trinajstić information content (AvgIpc) is 1.88. The van der Waals surface area contributed by atoms with Crippen molar-refractivity contribution >= 4 is 0 Å². The lowest BCUT2D eigenvalue weighted by atomic mass is 9.72. The molecule has 1 fully saturated rings. The molecule has 0 amide bonds. The summed E-state index contributed by atoms with van der Waals surface area (Å²) in [5.41, 5.74) is 0.658. The van der Waals surface area contributed by atoms with Crippen LogP contribution >= 0.6 is 0 Å². The Kier molecular flexibility index (Phi) is 2.38. The minimum absolute atomic E-state index is 0.658. The summed E-state index contributed by atoms with van der Waals surface area (Å²) in [7, 11) is 0. The van der Waals surface area contributed by atoms with Crippen molar-refractivity contribution in [2.45, 2.75) is 52.9 Å². The lowest BCUT2D eigenvalue weighted by molar-refractivity contribution is 0.188. The minimum Gasteiger partial charge on any atom is -0.0651 e. The molecule has 1 saturated carbocycles. The van der Waals surface area contributed by atoms with Crippen molar-refractivity contribution in [2.24, 2.45) is 11.3 Å². The zero-order chi connectivity index (χ0) is 7.61. The molecule has 0 unspecified atom stereocenters. The van der Waals surface area contributed by atoms with Gasteiger partial charge in [0, 0.05) is 0 Å². The molecule has 1 aliphatic carbocycles. The van der Waals surface area contributed by atoms with Gasteiger partial charge >= 0.3 is 0 Å². The highest BCUT2D eigenvalue weighted by molar-refractivity contribution is 4.77. The third-order valence-electron chi connectivity index (χ3n) is 3.04. The standard InChI is InChI=1S/C10H20/c1-4-9-5-7-10(2,3)8-6-9/h9H,4-8H2,1-3H3. The first-order valence-electron chi connectivity index (χ1n) is 4.64. The Morgan fingerprint density at radius 1 is 1.20 bits per heavy atom. The van der Waals surface area contributed by atoms with Crippen molar-refractivity contribution in [1.29, 1.82) is 0 Å². The molecule has 0 nitrogen and oxygen atoms in total. The van der Waals surface area contributed by atoms with E-state index in [0.717, 1.165) is 5.92 Å². The molecule has 0 aromatic rings. The third-order valence-corrected chi connectivity index (χ3v) is 3.04. The molecule has 0 heterocycles. The van der Waals surface area contributed by atoms with E-state index in [-0.39, 0.29) is 0 Å². The van der Waals surface area contributed by atoms with E-state index in [1.165, 1.54) is 32.1 Å². The number of hydrogen-bond donors (Lipinski definition) is 0. The van der Waals surface area contributed by atoms with Gasteiger partial charge in [-0.05, 0) is 37.0 Å². The Labute approximate surface area is 65.0 Å². The number of rotatable bonds is 1. The fourth-order valence-corrected chi connectivity index (χ4v) is 1.87. The first kappa shape index (κ1) is 8.10. The lowest BCUT2D eigenvalue weighted by Gasteiger charge is -2.33. The molecular weight excluding hydrogens is 120 g/mol. The van der Waals surface area contributed by atoms with Crippen LogP contribution in [-0.2, 0) is 0 Å². The highest BCUT2D eigenvalue weighted by Crippen LogP contribution is 2.38. The van der Waals surface area contributed by atoms with Gasteiger partial charge in [-0.3, -0.25) is 0 Å². The second-order valence-corrected chi connectivity index (χ2v) is 4.52. The van der Waals surface area contributed by atoms with Gasteiger partial charge in [-0.25, -0.2) is 0 Å². The Hall–Kier alpha value is 0. The van der Waals surface area contributed by atoms with Crippen molar-refractivity contribution in [1.82, 2.24) is 0 Å². The molecule has 0 radical (unpaired) electrons. The lowest BCUT2D eigenvalue weighted by Crippen LogP contribution is -2.20. The molecule has 0 heteroatoms. The summed E-state index contributed by atoms with van der Waals surface area (Å²) in [6, 6.07) is 0. The van der Waals surface area contributed by atoms with Crippen LogP contribution in [0.1, 0.15) is 52.9 Å². The average molecular weight is 140 g/mol. The van der Waals surface area contributed by atoms with Crippen molar-refractivity contribution in [2.75, 3.05) is 0 Å². The molecule has 10 heavy (non-hydrogen) atoms. The SMILES string of the molecule is CCC1CCC(C)(C)CC1. The maximum Gasteiger partial charge on any atom is -0.0354 e. The zero-order valence-corrected chi connectivity index (χ0v) is 7.61. The smallest absolute Gasteiger partial charge is 0.0354 e. The summed E-state index contributed by atoms with van der Waals surface area (Å²) in [6.07, 6.45) is 7.25. The molecular formula is C10H20. The van der Waals surface area contributed by atoms with E-state index < -0.39 is 0 Å². The molecule has 0 aromatic carbocycles. The Bertz CT molecular complexity index is 92.6. The van der Waals surface area contributed by atoms with Gasteiger partial charge in [-0.2, -0.15) is 0 Å². The van der Waals surface area contributed by atoms with Crippen LogP contribution in [0, 0.1) is 11.3 Å². The maximum atomic E-state index is 2.40. The molecule has 0 N–H and O–H groups in total. The van der Waals surface area contributed by atoms with Crippen molar-refractivity contribution in [3.05, 3.63) is 0 Å². The van der Waals surface area contributed by atoms with E-state index in [2.05, 4.69) is 20.8 Å². The molecule has 0 saturated heterocycles. The normalized spacial score (nSPS) is 26.7. The van der Waals surface area contributed by atoms with Gasteiger partial charge in [0.05, 0.1) is 0 Å². The molecule has 0 bridgehead atoms. The zero-order valence-electron chi connectivity index (χ0n) is 7.61. The van der Waals surface area contributed by atoms with Gasteiger partial charge in [0.2, 0.25) is 0 Å². The van der Waals surface area contributed by atoms with E-state index in [1.54, 1.807) is 0 Å². The Morgan fingerprint density at radius 3 is 2.10 bits per heavy atom. The quantitative estimate of drug-likeness (QED) is 0.522. The minimum atomic E-state index is 0.658. The highest BCUT2D eigenvalue weighted by Gasteiger charge is 2.25. The fourth-order valence-electron chi connectivity index (χ4n) is 1.87. The van der Waals surface area contributed by atoms with Crippen LogP contribution in [0.3, 0.4) is 0 Å². The van der Waals surface area contributed by atoms with Crippen molar-refractivity contribution in [3.8, 4) is 0 Å². The van der Waals surface area contributed by atoms with E-state index in [0.29, 0.717) is 5.41 Å². The van der Waals surface area contributed by atoms with Crippen molar-refractivity contribution < 1.29 is 0 Å². The highest BCUT2D eigenvalue weighted by atomic mass is 14.3. The molecule has 1 rings (SSSR count). The van der Waals surface area contributed by atoms with Gasteiger partial charge in [0.25, 0.3) is 0 Å². The van der Waals surface area contributed by atoms with E-state index >= 15 is 0 Å². The fraction of sp³-hybridized carbons (Fsp3) is 1.00. The molecule has 60 valence electrons. The monoisotopic (exact) mass is 140 g/mol. The van der Waals surface area contributed by atoms with Gasteiger partial charge in [0.1, 0.15) is 0 Å². The van der Waals surface area contributed by atoms with Crippen LogP contribution in [0.4, 0.5) is 0 Å². The summed E-state index contributed by atoms with van der Waals surface area (Å²) >= 11 is 0. The second kappa shape index (κ2) is 2.94. The Morgan fingerprint density at radius 2 is 1.70 bits per heavy atom. The van der Waals surface area contributed by atoms with E-state index in [9.17, 15) is 0 Å². The van der Waals surface area contributed by atoms with Gasteiger partial charge in [0.15, 0.2) is 0 Å². The molecule has 1 aliphatic rings. The van der Waals surface area contributed by atoms with Crippen LogP contribution in [0.2, 0.25) is 0 Å². The second-order valence-electron chi connectivity index (χ2n) is 4.52. The predicted molar refractivity (Wildman–Crippen MR) is 46.0 cm³/mol. The van der Waals surface area contributed by atoms with Crippen LogP contribution < -0.4 is 0 Å². The third kappa shape index (κ3) is 2.00. The van der Waals surface area contributed by atoms with Gasteiger partial charge in [-0.1, -0.05) is 27.2 Å². The van der Waals surface area contributed by atoms with Crippen LogP contribution in [0.15, 0.2) is 0 Å². The number of hydrogen-bond acceptors (Lipinski definition) is 0. The summed E-state index contributed by atoms with van der Waals surface area (Å²) in [5, 5.41) is 0. The largest absolute Gasteiger partial charge is 0.0651 e. The van der Waals surface area contributed by atoms with Crippen LogP contribution in [-0.4, -0.2) is 0 Å². The van der Waals surface area contributed by atoms with Gasteiger partial charge in [-0.15, -0.1) is 0 Å². The van der Waals surface area contributed by atoms with E-state index in [1.807, 2.05) is 0 Å². The Balaban J connectivity index is 2.31. The molecule has 0 aromatic heterocycles. The summed E-state index contributed by atoms with van der Waals surface area (Å²) in [4.78, 5) is 0. The predicted octanol–water partition coefficient (Wildman–Crippen LogP) is 3.61. The summed E-state index contributed by atoms with van der Waals surface area (Å²) in [5.74, 6) is 1.05. The van der Waals surface area contributed by atoms with Gasteiger partial charge < -0.3 is 0 Å². The molecule has 0 aliphatic heterocycles. The topological polar surface area (TPSA) is 0 Å². The van der Waals surface area contributed by atoms with Crippen LogP contribution in [0.5, 0.6) is 0 Å². The maximum absolute atomic E-state index is 2.40. The van der Waals surface area contributed by atoms with Crippen LogP contribution in [0.25, 0.3) is 0 Å². The molecule has 0 spiro atoms. The summed E-state index contributed by atoms with van der Waals surface area (Å²) < 4.78 is 0.